The van der Waals surface area contributed by atoms with Crippen LogP contribution in [-0.4, -0.2) is 17.1 Å². The predicted octanol–water partition coefficient (Wildman–Crippen LogP) is 3.75. The molecule has 1 unspecified atom stereocenters. The van der Waals surface area contributed by atoms with Gasteiger partial charge in [-0.15, -0.1) is 0 Å². The smallest absolute Gasteiger partial charge is 0.235 e. The molecule has 0 aliphatic heterocycles. The van der Waals surface area contributed by atoms with Crippen LogP contribution in [0.1, 0.15) is 46.0 Å². The molecule has 0 spiro atoms. The Balaban J connectivity index is 1.88. The van der Waals surface area contributed by atoms with E-state index in [9.17, 15) is 5.11 Å². The minimum atomic E-state index is -0.959. The topological polar surface area (TPSA) is 41.5 Å². The number of rotatable bonds is 5. The van der Waals surface area contributed by atoms with Crippen molar-refractivity contribution in [3.8, 4) is 0 Å². The molecule has 1 aliphatic carbocycles. The lowest BCUT2D eigenvalue weighted by Gasteiger charge is -2.38. The first-order valence-electron chi connectivity index (χ1n) is 7.25. The average Bonchev–Trinajstić information content (AvgIpc) is 2.40. The van der Waals surface area contributed by atoms with Gasteiger partial charge >= 0.3 is 0 Å². The van der Waals surface area contributed by atoms with Crippen LogP contribution in [0.3, 0.4) is 0 Å². The molecule has 0 amide bonds. The van der Waals surface area contributed by atoms with Crippen LogP contribution in [0.25, 0.3) is 0 Å². The summed E-state index contributed by atoms with van der Waals surface area (Å²) in [7, 11) is 0. The van der Waals surface area contributed by atoms with E-state index in [0.29, 0.717) is 5.92 Å². The molecule has 1 atom stereocenters. The van der Waals surface area contributed by atoms with Gasteiger partial charge in [-0.3, -0.25) is 0 Å². The molecule has 3 heteroatoms. The molecule has 2 N–H and O–H groups in total. The SMILES string of the molecule is CC(C)(OC(O)Nc1ccccc1)C1CCCCC1. The Bertz CT molecular complexity index is 372. The zero-order valence-electron chi connectivity index (χ0n) is 11.9. The van der Waals surface area contributed by atoms with E-state index in [1.165, 1.54) is 32.1 Å². The van der Waals surface area contributed by atoms with Crippen molar-refractivity contribution < 1.29 is 9.84 Å². The second-order valence-electron chi connectivity index (χ2n) is 5.92. The highest BCUT2D eigenvalue weighted by Gasteiger charge is 2.33. The average molecular weight is 263 g/mol. The summed E-state index contributed by atoms with van der Waals surface area (Å²) in [5.74, 6) is 0.536. The molecule has 1 aromatic carbocycles. The number of hydrogen-bond donors (Lipinski definition) is 2. The highest BCUT2D eigenvalue weighted by atomic mass is 16.6. The Kier molecular flexibility index (Phi) is 4.83. The fourth-order valence-electron chi connectivity index (χ4n) is 2.89. The fraction of sp³-hybridized carbons (Fsp3) is 0.625. The number of benzene rings is 1. The molecular weight excluding hydrogens is 238 g/mol. The minimum Gasteiger partial charge on any atom is -0.351 e. The summed E-state index contributed by atoms with van der Waals surface area (Å²) in [4.78, 5) is 0. The highest BCUT2D eigenvalue weighted by molar-refractivity contribution is 5.42. The Labute approximate surface area is 116 Å². The van der Waals surface area contributed by atoms with Gasteiger partial charge in [-0.1, -0.05) is 37.5 Å². The molecule has 1 aromatic rings. The maximum Gasteiger partial charge on any atom is 0.235 e. The first-order chi connectivity index (χ1) is 9.08. The van der Waals surface area contributed by atoms with Gasteiger partial charge in [0.05, 0.1) is 5.60 Å². The summed E-state index contributed by atoms with van der Waals surface area (Å²) in [6.07, 6.45) is 5.33. The number of ether oxygens (including phenoxy) is 1. The van der Waals surface area contributed by atoms with Gasteiger partial charge in [0.25, 0.3) is 0 Å². The van der Waals surface area contributed by atoms with Gasteiger partial charge in [-0.2, -0.15) is 0 Å². The number of nitrogens with one attached hydrogen (secondary N) is 1. The van der Waals surface area contributed by atoms with E-state index in [-0.39, 0.29) is 5.60 Å². The Morgan fingerprint density at radius 3 is 2.42 bits per heavy atom. The van der Waals surface area contributed by atoms with Crippen LogP contribution in [0.15, 0.2) is 30.3 Å². The van der Waals surface area contributed by atoms with E-state index in [4.69, 9.17) is 4.74 Å². The summed E-state index contributed by atoms with van der Waals surface area (Å²) in [6.45, 7) is 4.16. The maximum atomic E-state index is 10.0. The van der Waals surface area contributed by atoms with Crippen molar-refractivity contribution >= 4 is 5.69 Å². The highest BCUT2D eigenvalue weighted by Crippen LogP contribution is 2.35. The zero-order valence-corrected chi connectivity index (χ0v) is 11.9. The normalized spacial score (nSPS) is 19.1. The molecule has 0 heterocycles. The molecule has 2 rings (SSSR count). The standard InChI is InChI=1S/C16H25NO2/c1-16(2,13-9-5-3-6-10-13)19-15(18)17-14-11-7-4-8-12-14/h4,7-8,11-13,15,17-18H,3,5-6,9-10H2,1-2H3. The van der Waals surface area contributed by atoms with Crippen molar-refractivity contribution in [1.82, 2.24) is 0 Å². The van der Waals surface area contributed by atoms with Crippen LogP contribution in [0.4, 0.5) is 5.69 Å². The molecule has 0 bridgehead atoms. The number of aliphatic hydroxyl groups excluding tert-OH is 1. The van der Waals surface area contributed by atoms with E-state index >= 15 is 0 Å². The van der Waals surface area contributed by atoms with Gasteiger partial charge in [0.2, 0.25) is 6.41 Å². The second-order valence-corrected chi connectivity index (χ2v) is 5.92. The molecule has 106 valence electrons. The predicted molar refractivity (Wildman–Crippen MR) is 77.8 cm³/mol. The Morgan fingerprint density at radius 2 is 1.79 bits per heavy atom. The van der Waals surface area contributed by atoms with Crippen molar-refractivity contribution in [3.05, 3.63) is 30.3 Å². The Hall–Kier alpha value is -1.06. The summed E-state index contributed by atoms with van der Waals surface area (Å²) in [5, 5.41) is 13.0. The lowest BCUT2D eigenvalue weighted by Crippen LogP contribution is -2.41. The third-order valence-electron chi connectivity index (χ3n) is 4.07. The molecule has 1 fully saturated rings. The van der Waals surface area contributed by atoms with Crippen LogP contribution < -0.4 is 5.32 Å². The van der Waals surface area contributed by atoms with Crippen molar-refractivity contribution in [2.24, 2.45) is 5.92 Å². The van der Waals surface area contributed by atoms with Crippen molar-refractivity contribution in [1.29, 1.82) is 0 Å². The van der Waals surface area contributed by atoms with Gasteiger partial charge < -0.3 is 15.2 Å². The number of aliphatic hydroxyl groups is 1. The van der Waals surface area contributed by atoms with Gasteiger partial charge in [0.1, 0.15) is 0 Å². The number of para-hydroxylation sites is 1. The van der Waals surface area contributed by atoms with Crippen molar-refractivity contribution in [2.75, 3.05) is 5.32 Å². The summed E-state index contributed by atoms with van der Waals surface area (Å²) < 4.78 is 5.83. The van der Waals surface area contributed by atoms with E-state index in [2.05, 4.69) is 19.2 Å². The summed E-state index contributed by atoms with van der Waals surface area (Å²) in [6, 6.07) is 9.65. The summed E-state index contributed by atoms with van der Waals surface area (Å²) in [5.41, 5.74) is 0.580. The molecule has 19 heavy (non-hydrogen) atoms. The molecule has 1 saturated carbocycles. The zero-order chi connectivity index (χ0) is 13.7. The van der Waals surface area contributed by atoms with Crippen LogP contribution >= 0.6 is 0 Å². The van der Waals surface area contributed by atoms with Crippen LogP contribution in [0.2, 0.25) is 0 Å². The van der Waals surface area contributed by atoms with Crippen LogP contribution in [-0.2, 0) is 4.74 Å². The lowest BCUT2D eigenvalue weighted by atomic mass is 9.79. The second kappa shape index (κ2) is 6.40. The van der Waals surface area contributed by atoms with E-state index < -0.39 is 6.41 Å². The van der Waals surface area contributed by atoms with E-state index in [1.54, 1.807) is 0 Å². The van der Waals surface area contributed by atoms with Gasteiger partial charge in [-0.25, -0.2) is 0 Å². The monoisotopic (exact) mass is 263 g/mol. The molecule has 3 nitrogen and oxygen atoms in total. The molecular formula is C16H25NO2. The third-order valence-corrected chi connectivity index (χ3v) is 4.07. The van der Waals surface area contributed by atoms with Gasteiger partial charge in [0.15, 0.2) is 0 Å². The van der Waals surface area contributed by atoms with Crippen molar-refractivity contribution in [2.45, 2.75) is 58.0 Å². The van der Waals surface area contributed by atoms with E-state index in [1.807, 2.05) is 30.3 Å². The van der Waals surface area contributed by atoms with Gasteiger partial charge in [0, 0.05) is 5.69 Å². The number of hydrogen-bond acceptors (Lipinski definition) is 3. The van der Waals surface area contributed by atoms with E-state index in [0.717, 1.165) is 5.69 Å². The molecule has 0 aromatic heterocycles. The van der Waals surface area contributed by atoms with Crippen LogP contribution in [0.5, 0.6) is 0 Å². The Morgan fingerprint density at radius 1 is 1.16 bits per heavy atom. The molecule has 0 saturated heterocycles. The first kappa shape index (κ1) is 14.4. The molecule has 0 radical (unpaired) electrons. The quantitative estimate of drug-likeness (QED) is 0.795. The maximum absolute atomic E-state index is 10.0. The number of anilines is 1. The van der Waals surface area contributed by atoms with Crippen LogP contribution in [0, 0.1) is 5.92 Å². The minimum absolute atomic E-state index is 0.290. The largest absolute Gasteiger partial charge is 0.351 e. The lowest BCUT2D eigenvalue weighted by molar-refractivity contribution is -0.181. The fourth-order valence-corrected chi connectivity index (χ4v) is 2.89. The summed E-state index contributed by atoms with van der Waals surface area (Å²) >= 11 is 0. The third kappa shape index (κ3) is 4.22. The first-order valence-corrected chi connectivity index (χ1v) is 7.25. The van der Waals surface area contributed by atoms with Crippen molar-refractivity contribution in [3.63, 3.8) is 0 Å². The molecule has 1 aliphatic rings. The van der Waals surface area contributed by atoms with Gasteiger partial charge in [-0.05, 0) is 44.7 Å².